The van der Waals surface area contributed by atoms with Crippen molar-refractivity contribution in [3.05, 3.63) is 47.1 Å². The lowest BCUT2D eigenvalue weighted by molar-refractivity contribution is 0.111. The van der Waals surface area contributed by atoms with Gasteiger partial charge in [0.2, 0.25) is 5.13 Å². The van der Waals surface area contributed by atoms with E-state index in [0.717, 1.165) is 47.6 Å². The van der Waals surface area contributed by atoms with Crippen molar-refractivity contribution in [2.24, 2.45) is 0 Å². The summed E-state index contributed by atoms with van der Waals surface area (Å²) in [5.41, 5.74) is 3.22. The lowest BCUT2D eigenvalue weighted by Crippen LogP contribution is -2.03. The van der Waals surface area contributed by atoms with Gasteiger partial charge in [0.15, 0.2) is 6.29 Å². The number of rotatable bonds is 6. The maximum atomic E-state index is 11.1. The summed E-state index contributed by atoms with van der Waals surface area (Å²) < 4.78 is 1.69. The van der Waals surface area contributed by atoms with Crippen molar-refractivity contribution in [2.45, 2.75) is 26.2 Å². The molecule has 0 N–H and O–H groups in total. The quantitative estimate of drug-likeness (QED) is 0.653. The topological polar surface area (TPSA) is 60.7 Å². The average Bonchev–Trinajstić information content (AvgIpc) is 3.20. The molecule has 3 rings (SSSR count). The highest BCUT2D eigenvalue weighted by atomic mass is 32.1. The molecule has 6 heteroatoms. The van der Waals surface area contributed by atoms with Crippen molar-refractivity contribution in [3.8, 4) is 16.4 Å². The fourth-order valence-electron chi connectivity index (χ4n) is 2.24. The molecule has 0 aliphatic heterocycles. The van der Waals surface area contributed by atoms with E-state index in [1.54, 1.807) is 4.68 Å². The molecule has 2 aromatic heterocycles. The third-order valence-corrected chi connectivity index (χ3v) is 4.23. The molecule has 0 amide bonds. The Balaban J connectivity index is 1.96. The lowest BCUT2D eigenvalue weighted by Gasteiger charge is -2.02. The third kappa shape index (κ3) is 2.82. The summed E-state index contributed by atoms with van der Waals surface area (Å²) in [6, 6.07) is 10.00. The van der Waals surface area contributed by atoms with Crippen LogP contribution in [0.15, 0.2) is 35.7 Å². The van der Waals surface area contributed by atoms with E-state index >= 15 is 0 Å². The van der Waals surface area contributed by atoms with E-state index in [1.807, 2.05) is 35.7 Å². The highest BCUT2D eigenvalue weighted by Gasteiger charge is 2.16. The molecule has 0 aliphatic carbocycles. The van der Waals surface area contributed by atoms with Gasteiger partial charge in [-0.3, -0.25) is 4.79 Å². The van der Waals surface area contributed by atoms with Gasteiger partial charge in [0, 0.05) is 10.9 Å². The van der Waals surface area contributed by atoms with Gasteiger partial charge < -0.3 is 0 Å². The second kappa shape index (κ2) is 6.62. The van der Waals surface area contributed by atoms with Crippen LogP contribution in [0.2, 0.25) is 0 Å². The maximum absolute atomic E-state index is 11.1. The standard InChI is InChI=1S/C16H16N4OS/c1-2-3-9-15-13(10-21)18-19-20(15)16-17-14(11-22-16)12-7-5-4-6-8-12/h4-8,10-11H,2-3,9H2,1H3. The largest absolute Gasteiger partial charge is 0.296 e. The highest BCUT2D eigenvalue weighted by molar-refractivity contribution is 7.12. The molecular weight excluding hydrogens is 296 g/mol. The molecule has 112 valence electrons. The number of nitrogens with zero attached hydrogens (tertiary/aromatic N) is 4. The molecule has 0 aliphatic rings. The average molecular weight is 312 g/mol. The van der Waals surface area contributed by atoms with Crippen LogP contribution in [0, 0.1) is 0 Å². The van der Waals surface area contributed by atoms with E-state index in [-0.39, 0.29) is 0 Å². The minimum Gasteiger partial charge on any atom is -0.296 e. The van der Waals surface area contributed by atoms with Crippen LogP contribution in [-0.2, 0) is 6.42 Å². The molecule has 0 spiro atoms. The number of carbonyl (C=O) groups excluding carboxylic acids is 1. The van der Waals surface area contributed by atoms with Crippen LogP contribution in [0.25, 0.3) is 16.4 Å². The fraction of sp³-hybridized carbons (Fsp3) is 0.250. The molecule has 0 saturated carbocycles. The van der Waals surface area contributed by atoms with E-state index < -0.39 is 0 Å². The van der Waals surface area contributed by atoms with E-state index in [1.165, 1.54) is 11.3 Å². The number of unbranched alkanes of at least 4 members (excludes halogenated alkanes) is 1. The Hall–Kier alpha value is -2.34. The molecule has 0 atom stereocenters. The Kier molecular flexibility index (Phi) is 4.39. The van der Waals surface area contributed by atoms with Crippen LogP contribution in [0.3, 0.4) is 0 Å². The molecule has 0 radical (unpaired) electrons. The van der Waals surface area contributed by atoms with Crippen LogP contribution in [0.1, 0.15) is 35.9 Å². The van der Waals surface area contributed by atoms with Crippen molar-refractivity contribution >= 4 is 17.6 Å². The number of carbonyl (C=O) groups is 1. The summed E-state index contributed by atoms with van der Waals surface area (Å²) in [4.78, 5) is 15.8. The first-order valence-corrected chi connectivity index (χ1v) is 8.12. The van der Waals surface area contributed by atoms with Gasteiger partial charge in [0.1, 0.15) is 5.69 Å². The summed E-state index contributed by atoms with van der Waals surface area (Å²) >= 11 is 1.50. The fourth-order valence-corrected chi connectivity index (χ4v) is 3.04. The van der Waals surface area contributed by atoms with E-state index in [2.05, 4.69) is 22.2 Å². The first-order valence-electron chi connectivity index (χ1n) is 7.24. The number of hydrogen-bond donors (Lipinski definition) is 0. The Morgan fingerprint density at radius 2 is 2.09 bits per heavy atom. The first kappa shape index (κ1) is 14.6. The predicted molar refractivity (Wildman–Crippen MR) is 86.5 cm³/mol. The first-order chi connectivity index (χ1) is 10.8. The summed E-state index contributed by atoms with van der Waals surface area (Å²) in [6.07, 6.45) is 3.58. The second-order valence-corrected chi connectivity index (χ2v) is 5.77. The van der Waals surface area contributed by atoms with Crippen molar-refractivity contribution in [3.63, 3.8) is 0 Å². The van der Waals surface area contributed by atoms with Gasteiger partial charge >= 0.3 is 0 Å². The summed E-state index contributed by atoms with van der Waals surface area (Å²) in [5.74, 6) is 0. The van der Waals surface area contributed by atoms with Gasteiger partial charge in [-0.1, -0.05) is 48.9 Å². The molecule has 2 heterocycles. The Labute approximate surface area is 132 Å². The minimum absolute atomic E-state index is 0.407. The van der Waals surface area contributed by atoms with Crippen LogP contribution in [0.5, 0.6) is 0 Å². The Bertz CT molecular complexity index is 764. The lowest BCUT2D eigenvalue weighted by atomic mass is 10.2. The summed E-state index contributed by atoms with van der Waals surface area (Å²) in [5, 5.41) is 10.8. The zero-order valence-electron chi connectivity index (χ0n) is 12.3. The van der Waals surface area contributed by atoms with Gasteiger partial charge in [-0.15, -0.1) is 16.4 Å². The molecular formula is C16H16N4OS. The van der Waals surface area contributed by atoms with Gasteiger partial charge in [0.05, 0.1) is 11.4 Å². The van der Waals surface area contributed by atoms with E-state index in [9.17, 15) is 4.79 Å². The zero-order chi connectivity index (χ0) is 15.4. The molecule has 3 aromatic rings. The summed E-state index contributed by atoms with van der Waals surface area (Å²) in [6.45, 7) is 2.12. The Morgan fingerprint density at radius 1 is 1.27 bits per heavy atom. The number of aromatic nitrogens is 4. The molecule has 0 saturated heterocycles. The highest BCUT2D eigenvalue weighted by Crippen LogP contribution is 2.25. The monoisotopic (exact) mass is 312 g/mol. The van der Waals surface area contributed by atoms with Gasteiger partial charge in [0.25, 0.3) is 0 Å². The SMILES string of the molecule is CCCCc1c(C=O)nnn1-c1nc(-c2ccccc2)cs1. The predicted octanol–water partition coefficient (Wildman–Crippen LogP) is 3.55. The molecule has 5 nitrogen and oxygen atoms in total. The van der Waals surface area contributed by atoms with Crippen molar-refractivity contribution < 1.29 is 4.79 Å². The molecule has 0 fully saturated rings. The summed E-state index contributed by atoms with van der Waals surface area (Å²) in [7, 11) is 0. The molecule has 22 heavy (non-hydrogen) atoms. The molecule has 0 unspecified atom stereocenters. The van der Waals surface area contributed by atoms with Crippen LogP contribution < -0.4 is 0 Å². The molecule has 1 aromatic carbocycles. The van der Waals surface area contributed by atoms with Crippen molar-refractivity contribution in [2.75, 3.05) is 0 Å². The second-order valence-electron chi connectivity index (χ2n) is 4.94. The number of hydrogen-bond acceptors (Lipinski definition) is 5. The number of aldehydes is 1. The number of benzene rings is 1. The van der Waals surface area contributed by atoms with Crippen molar-refractivity contribution in [1.82, 2.24) is 20.0 Å². The molecule has 0 bridgehead atoms. The minimum atomic E-state index is 0.407. The maximum Gasteiger partial charge on any atom is 0.212 e. The van der Waals surface area contributed by atoms with E-state index in [0.29, 0.717) is 5.69 Å². The van der Waals surface area contributed by atoms with Crippen LogP contribution >= 0.6 is 11.3 Å². The Morgan fingerprint density at radius 3 is 2.82 bits per heavy atom. The van der Waals surface area contributed by atoms with Crippen LogP contribution in [0.4, 0.5) is 0 Å². The van der Waals surface area contributed by atoms with Gasteiger partial charge in [-0.05, 0) is 12.8 Å². The van der Waals surface area contributed by atoms with E-state index in [4.69, 9.17) is 0 Å². The third-order valence-electron chi connectivity index (χ3n) is 3.41. The van der Waals surface area contributed by atoms with Gasteiger partial charge in [-0.25, -0.2) is 4.98 Å². The zero-order valence-corrected chi connectivity index (χ0v) is 13.1. The normalized spacial score (nSPS) is 10.8. The van der Waals surface area contributed by atoms with Gasteiger partial charge in [-0.2, -0.15) is 4.68 Å². The smallest absolute Gasteiger partial charge is 0.212 e. The number of thiazole rings is 1. The van der Waals surface area contributed by atoms with Crippen molar-refractivity contribution in [1.29, 1.82) is 0 Å². The van der Waals surface area contributed by atoms with Crippen LogP contribution in [-0.4, -0.2) is 26.3 Å².